The van der Waals surface area contributed by atoms with Crippen molar-refractivity contribution in [2.75, 3.05) is 0 Å². The smallest absolute Gasteiger partial charge is 0.295 e. The van der Waals surface area contributed by atoms with Crippen molar-refractivity contribution in [3.63, 3.8) is 0 Å². The average Bonchev–Trinajstić information content (AvgIpc) is 3.99. The van der Waals surface area contributed by atoms with Crippen molar-refractivity contribution < 1.29 is 4.92 Å². The van der Waals surface area contributed by atoms with Crippen LogP contribution in [0.4, 0.5) is 5.69 Å². The predicted molar refractivity (Wildman–Crippen MR) is 239 cm³/mol. The molecule has 2 aliphatic heterocycles. The predicted octanol–water partition coefficient (Wildman–Crippen LogP) is 14.1. The number of hydrogen-bond acceptors (Lipinski definition) is 4. The van der Waals surface area contributed by atoms with E-state index in [-0.39, 0.29) is 10.6 Å². The van der Waals surface area contributed by atoms with E-state index >= 15 is 0 Å². The van der Waals surface area contributed by atoms with Crippen LogP contribution in [0, 0.1) is 10.1 Å². The Balaban J connectivity index is 1.60. The SMILES string of the molecule is O=[N+]([O-])c1cc2[nH]c1c(-c1ccccc1)c1nc(c(-c3ccccc3)c3ccc([nH]3)c(-c3ccccc3)c3nc(c2-c2ccccc2)C(Br)=C3Br)C(Br)=C1Br. The van der Waals surface area contributed by atoms with E-state index in [9.17, 15) is 10.1 Å². The van der Waals surface area contributed by atoms with E-state index in [0.717, 1.165) is 48.9 Å². The van der Waals surface area contributed by atoms with Crippen LogP contribution in [0.2, 0.25) is 0 Å². The minimum absolute atomic E-state index is 0.0986. The highest BCUT2D eigenvalue weighted by molar-refractivity contribution is 9.18. The Morgan fingerprint density at radius 1 is 0.436 bits per heavy atom. The summed E-state index contributed by atoms with van der Waals surface area (Å²) < 4.78 is 2.83. The number of hydrogen-bond donors (Lipinski definition) is 2. The molecule has 266 valence electrons. The molecule has 5 heterocycles. The van der Waals surface area contributed by atoms with Gasteiger partial charge in [0.25, 0.3) is 5.69 Å². The van der Waals surface area contributed by atoms with Crippen LogP contribution in [0.25, 0.3) is 84.5 Å². The second kappa shape index (κ2) is 14.5. The summed E-state index contributed by atoms with van der Waals surface area (Å²) >= 11 is 15.6. The molecule has 7 aromatic rings. The van der Waals surface area contributed by atoms with E-state index in [2.05, 4.69) is 98.0 Å². The van der Waals surface area contributed by atoms with Crippen molar-refractivity contribution in [3.05, 3.63) is 172 Å². The molecule has 0 amide bonds. The van der Waals surface area contributed by atoms with Gasteiger partial charge in [-0.25, -0.2) is 9.97 Å². The summed E-state index contributed by atoms with van der Waals surface area (Å²) in [5, 5.41) is 13.1. The quantitative estimate of drug-likeness (QED) is 0.133. The van der Waals surface area contributed by atoms with Crippen LogP contribution in [0.1, 0.15) is 22.8 Å². The van der Waals surface area contributed by atoms with Gasteiger partial charge >= 0.3 is 0 Å². The van der Waals surface area contributed by atoms with Gasteiger partial charge in [-0.15, -0.1) is 0 Å². The lowest BCUT2D eigenvalue weighted by Gasteiger charge is -2.07. The van der Waals surface area contributed by atoms with Crippen molar-refractivity contribution in [1.82, 2.24) is 19.9 Å². The fourth-order valence-electron chi connectivity index (χ4n) is 7.18. The van der Waals surface area contributed by atoms with Crippen LogP contribution >= 0.6 is 63.7 Å². The lowest BCUT2D eigenvalue weighted by molar-refractivity contribution is -0.382. The van der Waals surface area contributed by atoms with Crippen molar-refractivity contribution in [2.24, 2.45) is 0 Å². The topological polar surface area (TPSA) is 100 Å². The van der Waals surface area contributed by atoms with Crippen LogP contribution in [0.15, 0.2) is 140 Å². The lowest BCUT2D eigenvalue weighted by atomic mass is 10.0. The van der Waals surface area contributed by atoms with Gasteiger partial charge in [0.15, 0.2) is 0 Å². The maximum absolute atomic E-state index is 13.1. The first kappa shape index (κ1) is 35.5. The number of aromatic amines is 2. The van der Waals surface area contributed by atoms with Crippen LogP contribution in [0.3, 0.4) is 0 Å². The molecule has 4 aromatic carbocycles. The number of rotatable bonds is 5. The summed E-state index contributed by atoms with van der Waals surface area (Å²) in [4.78, 5) is 30.8. The highest BCUT2D eigenvalue weighted by Gasteiger charge is 2.30. The summed E-state index contributed by atoms with van der Waals surface area (Å²) in [6.07, 6.45) is 0. The molecule has 8 bridgehead atoms. The number of nitro groups is 1. The second-order valence-corrected chi connectivity index (χ2v) is 16.0. The molecule has 0 saturated carbocycles. The molecule has 9 rings (SSSR count). The van der Waals surface area contributed by atoms with Gasteiger partial charge in [0.05, 0.1) is 51.1 Å². The molecule has 11 heteroatoms. The van der Waals surface area contributed by atoms with Gasteiger partial charge in [-0.2, -0.15) is 0 Å². The number of benzene rings is 4. The summed E-state index contributed by atoms with van der Waals surface area (Å²) in [5.41, 5.74) is 11.3. The Bertz CT molecular complexity index is 2920. The van der Waals surface area contributed by atoms with Crippen molar-refractivity contribution in [2.45, 2.75) is 0 Å². The molecule has 0 radical (unpaired) electrons. The number of nitrogens with one attached hydrogen (secondary N) is 2. The summed E-state index contributed by atoms with van der Waals surface area (Å²) in [7, 11) is 0. The number of aromatic nitrogens is 4. The molecule has 7 nitrogen and oxygen atoms in total. The third-order valence-electron chi connectivity index (χ3n) is 9.60. The largest absolute Gasteiger partial charge is 0.354 e. The molecule has 0 spiro atoms. The Labute approximate surface area is 348 Å². The molecule has 0 atom stereocenters. The molecule has 3 aromatic heterocycles. The van der Waals surface area contributed by atoms with Gasteiger partial charge in [0.1, 0.15) is 5.52 Å². The van der Waals surface area contributed by atoms with E-state index in [1.54, 1.807) is 6.07 Å². The van der Waals surface area contributed by atoms with Crippen molar-refractivity contribution in [1.29, 1.82) is 0 Å². The normalized spacial score (nSPS) is 12.7. The van der Waals surface area contributed by atoms with Crippen LogP contribution in [-0.4, -0.2) is 24.9 Å². The first-order chi connectivity index (χ1) is 26.8. The molecule has 0 saturated heterocycles. The lowest BCUT2D eigenvalue weighted by Crippen LogP contribution is -1.92. The van der Waals surface area contributed by atoms with Gasteiger partial charge in [0.2, 0.25) is 0 Å². The zero-order chi connectivity index (χ0) is 37.8. The first-order valence-corrected chi connectivity index (χ1v) is 20.3. The monoisotopic (exact) mass is 971 g/mol. The number of H-pyrrole nitrogens is 2. The van der Waals surface area contributed by atoms with Crippen molar-refractivity contribution >= 4 is 109 Å². The van der Waals surface area contributed by atoms with Gasteiger partial charge < -0.3 is 9.97 Å². The Morgan fingerprint density at radius 3 is 1.13 bits per heavy atom. The third-order valence-corrected chi connectivity index (χ3v) is 13.8. The zero-order valence-electron chi connectivity index (χ0n) is 28.4. The minimum Gasteiger partial charge on any atom is -0.354 e. The van der Waals surface area contributed by atoms with Gasteiger partial charge in [-0.3, -0.25) is 10.1 Å². The second-order valence-electron chi connectivity index (χ2n) is 12.8. The fourth-order valence-corrected chi connectivity index (χ4v) is 9.07. The highest BCUT2D eigenvalue weighted by Crippen LogP contribution is 2.50. The number of nitrogens with zero attached hydrogens (tertiary/aromatic N) is 3. The van der Waals surface area contributed by atoms with Gasteiger partial charge in [0, 0.05) is 39.4 Å². The molecule has 0 aliphatic carbocycles. The number of halogens is 4. The van der Waals surface area contributed by atoms with Crippen LogP contribution in [0.5, 0.6) is 0 Å². The van der Waals surface area contributed by atoms with E-state index < -0.39 is 0 Å². The maximum atomic E-state index is 13.1. The number of fused-ring (bicyclic) bond motifs is 8. The standard InChI is InChI=1S/C44H25Br4N5O2/c45-36-37(46)43-34(26-17-9-3-10-18-26)30-23-31(53(54)55)40(50-30)35(27-19-11-4-12-20-27)44-39(48)38(47)42(52-44)33(25-15-7-2-8-16-25)29-22-21-28(49-29)32(41(36)51-43)24-13-5-1-6-14-24/h1-23,49-50H. The van der Waals surface area contributed by atoms with Gasteiger partial charge in [-0.05, 0) is 98.1 Å². The Kier molecular flexibility index (Phi) is 9.34. The molecule has 0 unspecified atom stereocenters. The first-order valence-electron chi connectivity index (χ1n) is 17.1. The third kappa shape index (κ3) is 6.15. The van der Waals surface area contributed by atoms with Gasteiger partial charge in [-0.1, -0.05) is 121 Å². The van der Waals surface area contributed by atoms with E-state index in [0.29, 0.717) is 58.4 Å². The average molecular weight is 975 g/mol. The maximum Gasteiger partial charge on any atom is 0.295 e. The fraction of sp³-hybridized carbons (Fsp3) is 0. The minimum atomic E-state index is -0.348. The van der Waals surface area contributed by atoms with Crippen molar-refractivity contribution in [3.8, 4) is 44.5 Å². The van der Waals surface area contributed by atoms with Crippen LogP contribution < -0.4 is 0 Å². The van der Waals surface area contributed by atoms with E-state index in [4.69, 9.17) is 9.97 Å². The molecular formula is C44H25Br4N5O2. The summed E-state index contributed by atoms with van der Waals surface area (Å²) in [5.74, 6) is 0. The summed E-state index contributed by atoms with van der Waals surface area (Å²) in [6, 6.07) is 45.3. The zero-order valence-corrected chi connectivity index (χ0v) is 34.8. The van der Waals surface area contributed by atoms with Crippen LogP contribution in [-0.2, 0) is 0 Å². The summed E-state index contributed by atoms with van der Waals surface area (Å²) in [6.45, 7) is 0. The molecule has 2 aliphatic rings. The molecule has 2 N–H and O–H groups in total. The van der Waals surface area contributed by atoms with E-state index in [1.807, 2.05) is 109 Å². The van der Waals surface area contributed by atoms with E-state index in [1.165, 1.54) is 0 Å². The highest BCUT2D eigenvalue weighted by atomic mass is 79.9. The Morgan fingerprint density at radius 2 is 0.764 bits per heavy atom. The Hall–Kier alpha value is -5.20. The molecular weight excluding hydrogens is 950 g/mol. The molecule has 55 heavy (non-hydrogen) atoms. The molecule has 0 fully saturated rings.